The van der Waals surface area contributed by atoms with Crippen LogP contribution in [0, 0.1) is 24.1 Å². The molecule has 108 valence electrons. The van der Waals surface area contributed by atoms with Gasteiger partial charge in [0.1, 0.15) is 10.7 Å². The van der Waals surface area contributed by atoms with E-state index in [2.05, 4.69) is 4.98 Å². The minimum atomic E-state index is -0.450. The number of nitrogens with zero attached hydrogens (tertiary/aromatic N) is 3. The van der Waals surface area contributed by atoms with Crippen LogP contribution in [-0.2, 0) is 6.54 Å². The molecule has 0 atom stereocenters. The van der Waals surface area contributed by atoms with Gasteiger partial charge in [-0.25, -0.2) is 9.37 Å². The summed E-state index contributed by atoms with van der Waals surface area (Å²) in [7, 11) is 1.57. The van der Waals surface area contributed by atoms with E-state index in [0.717, 1.165) is 11.3 Å². The molecule has 0 saturated carbocycles. The van der Waals surface area contributed by atoms with E-state index in [1.54, 1.807) is 14.0 Å². The fourth-order valence-corrected chi connectivity index (χ4v) is 2.71. The van der Waals surface area contributed by atoms with Crippen LogP contribution in [-0.4, -0.2) is 22.8 Å². The average Bonchev–Trinajstić information content (AvgIpc) is 2.79. The van der Waals surface area contributed by atoms with Gasteiger partial charge in [0.15, 0.2) is 5.13 Å². The smallest absolute Gasteiger partial charge is 0.265 e. The summed E-state index contributed by atoms with van der Waals surface area (Å²) in [6, 6.07) is 6.01. The van der Waals surface area contributed by atoms with Gasteiger partial charge in [-0.15, -0.1) is 0 Å². The van der Waals surface area contributed by atoms with Crippen molar-refractivity contribution in [2.75, 3.05) is 12.8 Å². The monoisotopic (exact) mass is 304 g/mol. The number of nitrogens with two attached hydrogens (primary N) is 1. The van der Waals surface area contributed by atoms with Crippen LogP contribution in [0.3, 0.4) is 0 Å². The average molecular weight is 304 g/mol. The Kier molecular flexibility index (Phi) is 4.19. The zero-order valence-corrected chi connectivity index (χ0v) is 12.4. The van der Waals surface area contributed by atoms with Gasteiger partial charge in [-0.05, 0) is 25.1 Å². The van der Waals surface area contributed by atoms with Crippen molar-refractivity contribution in [3.05, 3.63) is 45.7 Å². The molecule has 0 aliphatic rings. The molecular weight excluding hydrogens is 291 g/mol. The van der Waals surface area contributed by atoms with Crippen molar-refractivity contribution < 1.29 is 9.18 Å². The molecule has 0 unspecified atom stereocenters. The van der Waals surface area contributed by atoms with E-state index in [0.29, 0.717) is 26.8 Å². The van der Waals surface area contributed by atoms with Gasteiger partial charge in [-0.3, -0.25) is 4.79 Å². The normalized spacial score (nSPS) is 10.2. The molecule has 1 amide bonds. The van der Waals surface area contributed by atoms with Crippen LogP contribution in [0.25, 0.3) is 0 Å². The molecule has 0 radical (unpaired) electrons. The van der Waals surface area contributed by atoms with E-state index >= 15 is 0 Å². The van der Waals surface area contributed by atoms with Gasteiger partial charge >= 0.3 is 0 Å². The Balaban J connectivity index is 2.22. The summed E-state index contributed by atoms with van der Waals surface area (Å²) in [5.41, 5.74) is 6.77. The maximum Gasteiger partial charge on any atom is 0.265 e. The summed E-state index contributed by atoms with van der Waals surface area (Å²) in [6.07, 6.45) is 0. The first kappa shape index (κ1) is 14.9. The highest BCUT2D eigenvalue weighted by Gasteiger charge is 2.19. The molecular formula is C14H13FN4OS. The maximum atomic E-state index is 13.7. The third kappa shape index (κ3) is 3.17. The highest BCUT2D eigenvalue weighted by atomic mass is 32.1. The first-order valence-electron chi connectivity index (χ1n) is 6.09. The third-order valence-electron chi connectivity index (χ3n) is 2.94. The molecule has 0 fully saturated rings. The number of nitriles is 1. The van der Waals surface area contributed by atoms with Crippen molar-refractivity contribution in [3.8, 4) is 6.07 Å². The van der Waals surface area contributed by atoms with Crippen LogP contribution in [0.5, 0.6) is 0 Å². The van der Waals surface area contributed by atoms with Crippen LogP contribution < -0.4 is 5.73 Å². The Labute approximate surface area is 125 Å². The number of anilines is 1. The van der Waals surface area contributed by atoms with E-state index in [4.69, 9.17) is 11.0 Å². The van der Waals surface area contributed by atoms with E-state index in [-0.39, 0.29) is 12.5 Å². The number of halogens is 1. The minimum absolute atomic E-state index is 0.0669. The first-order valence-corrected chi connectivity index (χ1v) is 6.91. The van der Waals surface area contributed by atoms with Gasteiger partial charge in [0, 0.05) is 19.2 Å². The van der Waals surface area contributed by atoms with E-state index in [1.807, 2.05) is 6.07 Å². The predicted molar refractivity (Wildman–Crippen MR) is 78.2 cm³/mol. The van der Waals surface area contributed by atoms with E-state index in [9.17, 15) is 9.18 Å². The fourth-order valence-electron chi connectivity index (χ4n) is 1.88. The van der Waals surface area contributed by atoms with Crippen LogP contribution >= 0.6 is 11.3 Å². The van der Waals surface area contributed by atoms with E-state index in [1.165, 1.54) is 23.1 Å². The Morgan fingerprint density at radius 2 is 2.29 bits per heavy atom. The predicted octanol–water partition coefficient (Wildman–Crippen LogP) is 2.32. The molecule has 0 aliphatic carbocycles. The lowest BCUT2D eigenvalue weighted by molar-refractivity contribution is 0.0787. The third-order valence-corrected chi connectivity index (χ3v) is 3.91. The molecule has 1 aromatic heterocycles. The number of benzene rings is 1. The quantitative estimate of drug-likeness (QED) is 0.943. The molecule has 2 N–H and O–H groups in total. The second-order valence-corrected chi connectivity index (χ2v) is 5.58. The van der Waals surface area contributed by atoms with Crippen LogP contribution in [0.1, 0.15) is 26.5 Å². The molecule has 1 heterocycles. The van der Waals surface area contributed by atoms with Crippen LogP contribution in [0.2, 0.25) is 0 Å². The zero-order chi connectivity index (χ0) is 15.6. The Morgan fingerprint density at radius 3 is 2.86 bits per heavy atom. The minimum Gasteiger partial charge on any atom is -0.375 e. The summed E-state index contributed by atoms with van der Waals surface area (Å²) in [5, 5.41) is 9.16. The number of aryl methyl sites for hydroxylation is 1. The molecule has 1 aromatic carbocycles. The number of carbonyl (C=O) groups is 1. The highest BCUT2D eigenvalue weighted by Crippen LogP contribution is 2.22. The summed E-state index contributed by atoms with van der Waals surface area (Å²) in [4.78, 5) is 18.1. The Morgan fingerprint density at radius 1 is 1.57 bits per heavy atom. The van der Waals surface area contributed by atoms with Crippen molar-refractivity contribution in [2.24, 2.45) is 0 Å². The van der Waals surface area contributed by atoms with Crippen molar-refractivity contribution in [1.29, 1.82) is 5.26 Å². The summed E-state index contributed by atoms with van der Waals surface area (Å²) in [5.74, 6) is -0.724. The number of hydrogen-bond donors (Lipinski definition) is 1. The molecule has 2 rings (SSSR count). The first-order chi connectivity index (χ1) is 9.92. The SMILES string of the molecule is Cc1nc(N)sc1C(=O)N(C)Cc1cc(C#N)ccc1F. The van der Waals surface area contributed by atoms with Crippen molar-refractivity contribution in [3.63, 3.8) is 0 Å². The molecule has 21 heavy (non-hydrogen) atoms. The largest absolute Gasteiger partial charge is 0.375 e. The van der Waals surface area contributed by atoms with Gasteiger partial charge in [0.2, 0.25) is 0 Å². The molecule has 5 nitrogen and oxygen atoms in total. The van der Waals surface area contributed by atoms with Crippen LogP contribution in [0.4, 0.5) is 9.52 Å². The number of nitrogen functional groups attached to an aromatic ring is 1. The van der Waals surface area contributed by atoms with Crippen molar-refractivity contribution in [2.45, 2.75) is 13.5 Å². The Hall–Kier alpha value is -2.46. The number of aromatic nitrogens is 1. The second kappa shape index (κ2) is 5.89. The fraction of sp³-hybridized carbons (Fsp3) is 0.214. The van der Waals surface area contributed by atoms with E-state index < -0.39 is 5.82 Å². The van der Waals surface area contributed by atoms with Crippen molar-refractivity contribution in [1.82, 2.24) is 9.88 Å². The summed E-state index contributed by atoms with van der Waals surface area (Å²) in [6.45, 7) is 1.77. The summed E-state index contributed by atoms with van der Waals surface area (Å²) >= 11 is 1.10. The number of amides is 1. The van der Waals surface area contributed by atoms with Gasteiger partial charge < -0.3 is 10.6 Å². The number of thiazole rings is 1. The molecule has 2 aromatic rings. The van der Waals surface area contributed by atoms with Gasteiger partial charge in [0.25, 0.3) is 5.91 Å². The zero-order valence-electron chi connectivity index (χ0n) is 11.6. The molecule has 0 saturated heterocycles. The second-order valence-electron chi connectivity index (χ2n) is 4.55. The number of carbonyl (C=O) groups excluding carboxylic acids is 1. The van der Waals surface area contributed by atoms with Crippen molar-refractivity contribution >= 4 is 22.4 Å². The lowest BCUT2D eigenvalue weighted by Gasteiger charge is -2.17. The molecule has 0 spiro atoms. The van der Waals surface area contributed by atoms with Crippen LogP contribution in [0.15, 0.2) is 18.2 Å². The molecule has 0 bridgehead atoms. The lowest BCUT2D eigenvalue weighted by atomic mass is 10.1. The maximum absolute atomic E-state index is 13.7. The molecule has 7 heteroatoms. The van der Waals surface area contributed by atoms with Gasteiger partial charge in [0.05, 0.1) is 17.3 Å². The van der Waals surface area contributed by atoms with Gasteiger partial charge in [-0.1, -0.05) is 11.3 Å². The number of rotatable bonds is 3. The number of hydrogen-bond acceptors (Lipinski definition) is 5. The standard InChI is InChI=1S/C14H13FN4OS/c1-8-12(21-14(17)18-8)13(20)19(2)7-10-5-9(6-16)3-4-11(10)15/h3-5H,7H2,1-2H3,(H2,17,18). The lowest BCUT2D eigenvalue weighted by Crippen LogP contribution is -2.26. The summed E-state index contributed by atoms with van der Waals surface area (Å²) < 4.78 is 13.7. The topological polar surface area (TPSA) is 83.0 Å². The van der Waals surface area contributed by atoms with Gasteiger partial charge in [-0.2, -0.15) is 5.26 Å². The Bertz CT molecular complexity index is 735. The highest BCUT2D eigenvalue weighted by molar-refractivity contribution is 7.17. The molecule has 0 aliphatic heterocycles.